The van der Waals surface area contributed by atoms with Gasteiger partial charge in [0.1, 0.15) is 6.54 Å². The highest BCUT2D eigenvalue weighted by Crippen LogP contribution is 2.12. The van der Waals surface area contributed by atoms with Gasteiger partial charge in [0.2, 0.25) is 0 Å². The number of nitrogens with one attached hydrogen (secondary N) is 1. The average molecular weight is 171 g/mol. The molecule has 0 amide bonds. The van der Waals surface area contributed by atoms with E-state index in [0.29, 0.717) is 6.42 Å². The second-order valence-electron chi connectivity index (χ2n) is 1.75. The number of rotatable bonds is 2. The molecule has 0 rings (SSSR count). The first kappa shape index (κ1) is 9.68. The van der Waals surface area contributed by atoms with Gasteiger partial charge in [0.15, 0.2) is 0 Å². The molecule has 0 aliphatic rings. The van der Waals surface area contributed by atoms with E-state index in [1.54, 1.807) is 6.92 Å². The molecule has 0 aromatic rings. The molecule has 0 aromatic heterocycles. The molecule has 0 atom stereocenters. The zero-order valence-electron chi connectivity index (χ0n) is 5.46. The third kappa shape index (κ3) is 5.81. The molecule has 0 radical (unpaired) electrons. The zero-order valence-corrected chi connectivity index (χ0v) is 6.27. The van der Waals surface area contributed by atoms with Crippen molar-refractivity contribution in [3.05, 3.63) is 0 Å². The van der Waals surface area contributed by atoms with Gasteiger partial charge in [-0.05, 0) is 6.42 Å². The molecule has 0 aliphatic heterocycles. The second-order valence-corrected chi connectivity index (χ2v) is 2.24. The van der Waals surface area contributed by atoms with E-state index < -0.39 is 12.7 Å². The molecule has 0 unspecified atom stereocenters. The van der Waals surface area contributed by atoms with Crippen molar-refractivity contribution in [1.29, 1.82) is 0 Å². The van der Waals surface area contributed by atoms with Crippen molar-refractivity contribution in [2.45, 2.75) is 19.5 Å². The van der Waals surface area contributed by atoms with Crippen LogP contribution in [0.3, 0.4) is 0 Å². The maximum absolute atomic E-state index is 11.4. The summed E-state index contributed by atoms with van der Waals surface area (Å²) in [5.74, 6) is 0. The first-order valence-corrected chi connectivity index (χ1v) is 3.20. The molecule has 0 fully saturated rings. The molecule has 0 saturated heterocycles. The summed E-state index contributed by atoms with van der Waals surface area (Å²) >= 11 is 4.51. The van der Waals surface area contributed by atoms with Gasteiger partial charge in [0.25, 0.3) is 0 Å². The van der Waals surface area contributed by atoms with Gasteiger partial charge in [0.05, 0.1) is 4.99 Å². The molecule has 0 heterocycles. The second kappa shape index (κ2) is 3.75. The Morgan fingerprint density at radius 2 is 2.00 bits per heavy atom. The Hall–Kier alpha value is -0.320. The van der Waals surface area contributed by atoms with E-state index in [1.165, 1.54) is 0 Å². The van der Waals surface area contributed by atoms with E-state index in [4.69, 9.17) is 0 Å². The van der Waals surface area contributed by atoms with Crippen molar-refractivity contribution < 1.29 is 13.2 Å². The largest absolute Gasteiger partial charge is 0.405 e. The normalized spacial score (nSPS) is 11.2. The maximum Gasteiger partial charge on any atom is 0.405 e. The lowest BCUT2D eigenvalue weighted by Gasteiger charge is -2.08. The SMILES string of the molecule is CCC(=S)NCC(F)(F)F. The highest BCUT2D eigenvalue weighted by Gasteiger charge is 2.26. The van der Waals surface area contributed by atoms with Crippen molar-refractivity contribution in [3.63, 3.8) is 0 Å². The molecule has 0 aliphatic carbocycles. The van der Waals surface area contributed by atoms with Crippen LogP contribution in [0.1, 0.15) is 13.3 Å². The fourth-order valence-electron chi connectivity index (χ4n) is 0.324. The fourth-order valence-corrected chi connectivity index (χ4v) is 0.396. The van der Waals surface area contributed by atoms with Gasteiger partial charge in [-0.2, -0.15) is 13.2 Å². The molecule has 5 heteroatoms. The number of thiocarbonyl (C=S) groups is 1. The Morgan fingerprint density at radius 3 is 2.30 bits per heavy atom. The van der Waals surface area contributed by atoms with Gasteiger partial charge in [0, 0.05) is 0 Å². The lowest BCUT2D eigenvalue weighted by molar-refractivity contribution is -0.121. The summed E-state index contributed by atoms with van der Waals surface area (Å²) in [6.45, 7) is 0.672. The predicted molar refractivity (Wildman–Crippen MR) is 36.9 cm³/mol. The van der Waals surface area contributed by atoms with Crippen LogP contribution in [0.4, 0.5) is 13.2 Å². The zero-order chi connectivity index (χ0) is 8.20. The average Bonchev–Trinajstić information content (AvgIpc) is 1.81. The Balaban J connectivity index is 3.46. The topological polar surface area (TPSA) is 12.0 Å². The van der Waals surface area contributed by atoms with Crippen LogP contribution in [0.15, 0.2) is 0 Å². The summed E-state index contributed by atoms with van der Waals surface area (Å²) in [4.78, 5) is 0.248. The first-order valence-electron chi connectivity index (χ1n) is 2.79. The standard InChI is InChI=1S/C5H8F3NS/c1-2-4(10)9-3-5(6,7)8/h2-3H2,1H3,(H,9,10). The minimum atomic E-state index is -4.17. The smallest absolute Gasteiger partial charge is 0.371 e. The third-order valence-corrected chi connectivity index (χ3v) is 1.24. The number of alkyl halides is 3. The van der Waals surface area contributed by atoms with Gasteiger partial charge in [-0.15, -0.1) is 0 Å². The monoisotopic (exact) mass is 171 g/mol. The molecule has 0 bridgehead atoms. The van der Waals surface area contributed by atoms with Crippen molar-refractivity contribution >= 4 is 17.2 Å². The Morgan fingerprint density at radius 1 is 1.50 bits per heavy atom. The molecule has 1 N–H and O–H groups in total. The Kier molecular flexibility index (Phi) is 3.63. The lowest BCUT2D eigenvalue weighted by atomic mass is 10.4. The van der Waals surface area contributed by atoms with Gasteiger partial charge in [-0.1, -0.05) is 19.1 Å². The number of hydrogen-bond donors (Lipinski definition) is 1. The molecular formula is C5H8F3NS. The van der Waals surface area contributed by atoms with E-state index in [2.05, 4.69) is 17.5 Å². The van der Waals surface area contributed by atoms with Gasteiger partial charge in [-0.3, -0.25) is 0 Å². The van der Waals surface area contributed by atoms with Gasteiger partial charge < -0.3 is 5.32 Å². The van der Waals surface area contributed by atoms with E-state index in [9.17, 15) is 13.2 Å². The van der Waals surface area contributed by atoms with Crippen LogP contribution in [-0.2, 0) is 0 Å². The van der Waals surface area contributed by atoms with E-state index >= 15 is 0 Å². The van der Waals surface area contributed by atoms with Crippen LogP contribution >= 0.6 is 12.2 Å². The summed E-state index contributed by atoms with van der Waals surface area (Å²) in [6.07, 6.45) is -3.72. The third-order valence-electron chi connectivity index (χ3n) is 0.807. The first-order chi connectivity index (χ1) is 4.45. The number of hydrogen-bond acceptors (Lipinski definition) is 1. The molecule has 0 aromatic carbocycles. The minimum Gasteiger partial charge on any atom is -0.371 e. The van der Waals surface area contributed by atoms with Crippen LogP contribution in [0.5, 0.6) is 0 Å². The van der Waals surface area contributed by atoms with Crippen molar-refractivity contribution in [2.75, 3.05) is 6.54 Å². The highest BCUT2D eigenvalue weighted by molar-refractivity contribution is 7.80. The minimum absolute atomic E-state index is 0.248. The molecule has 10 heavy (non-hydrogen) atoms. The number of halogens is 3. The van der Waals surface area contributed by atoms with Crippen LogP contribution in [0.2, 0.25) is 0 Å². The van der Waals surface area contributed by atoms with Crippen LogP contribution in [0, 0.1) is 0 Å². The van der Waals surface area contributed by atoms with Crippen molar-refractivity contribution in [1.82, 2.24) is 5.32 Å². The molecule has 1 nitrogen and oxygen atoms in total. The van der Waals surface area contributed by atoms with E-state index in [0.717, 1.165) is 0 Å². The summed E-state index contributed by atoms with van der Waals surface area (Å²) in [6, 6.07) is 0. The van der Waals surface area contributed by atoms with Crippen LogP contribution in [-0.4, -0.2) is 17.7 Å². The van der Waals surface area contributed by atoms with Crippen molar-refractivity contribution in [2.24, 2.45) is 0 Å². The molecule has 60 valence electrons. The van der Waals surface area contributed by atoms with Crippen LogP contribution in [0.25, 0.3) is 0 Å². The summed E-state index contributed by atoms with van der Waals surface area (Å²) in [5, 5.41) is 2.08. The Labute approximate surface area is 62.6 Å². The lowest BCUT2D eigenvalue weighted by Crippen LogP contribution is -2.32. The molecular weight excluding hydrogens is 163 g/mol. The molecule has 0 spiro atoms. The maximum atomic E-state index is 11.4. The summed E-state index contributed by atoms with van der Waals surface area (Å²) in [5.41, 5.74) is 0. The summed E-state index contributed by atoms with van der Waals surface area (Å²) in [7, 11) is 0. The van der Waals surface area contributed by atoms with E-state index in [1.807, 2.05) is 0 Å². The molecule has 0 saturated carbocycles. The Bertz CT molecular complexity index is 121. The van der Waals surface area contributed by atoms with E-state index in [-0.39, 0.29) is 4.99 Å². The highest BCUT2D eigenvalue weighted by atomic mass is 32.1. The van der Waals surface area contributed by atoms with Crippen LogP contribution < -0.4 is 5.32 Å². The van der Waals surface area contributed by atoms with Crippen molar-refractivity contribution in [3.8, 4) is 0 Å². The van der Waals surface area contributed by atoms with Gasteiger partial charge in [-0.25, -0.2) is 0 Å². The summed E-state index contributed by atoms with van der Waals surface area (Å²) < 4.78 is 34.3. The predicted octanol–water partition coefficient (Wildman–Crippen LogP) is 1.88. The fraction of sp³-hybridized carbons (Fsp3) is 0.800. The quantitative estimate of drug-likeness (QED) is 0.636. The van der Waals surface area contributed by atoms with Gasteiger partial charge >= 0.3 is 6.18 Å².